The van der Waals surface area contributed by atoms with Gasteiger partial charge in [-0.3, -0.25) is 9.69 Å². The van der Waals surface area contributed by atoms with Crippen LogP contribution in [0.1, 0.15) is 12.5 Å². The number of hydrogen-bond acceptors (Lipinski definition) is 7. The van der Waals surface area contributed by atoms with E-state index in [1.807, 2.05) is 0 Å². The van der Waals surface area contributed by atoms with Crippen molar-refractivity contribution >= 4 is 17.7 Å². The number of piperazine rings is 1. The van der Waals surface area contributed by atoms with E-state index >= 15 is 0 Å². The second kappa shape index (κ2) is 8.15. The zero-order valence-corrected chi connectivity index (χ0v) is 15.4. The minimum atomic E-state index is -4.54. The molecule has 12 heteroatoms. The van der Waals surface area contributed by atoms with Crippen molar-refractivity contribution in [1.29, 1.82) is 0 Å². The number of hydrogen-bond donors (Lipinski definition) is 1. The Labute approximate surface area is 163 Å². The fourth-order valence-corrected chi connectivity index (χ4v) is 2.61. The van der Waals surface area contributed by atoms with E-state index in [9.17, 15) is 22.4 Å². The van der Waals surface area contributed by atoms with Crippen LogP contribution in [0.15, 0.2) is 24.7 Å². The molecule has 0 unspecified atom stereocenters. The molecule has 0 radical (unpaired) electrons. The maximum Gasteiger partial charge on any atom is 0.419 e. The Kier molecular flexibility index (Phi) is 5.82. The van der Waals surface area contributed by atoms with Crippen LogP contribution in [0.5, 0.6) is 5.75 Å². The first-order valence-electron chi connectivity index (χ1n) is 8.63. The number of ether oxygens (including phenoxy) is 1. The molecule has 2 aromatic rings. The second-order valence-corrected chi connectivity index (χ2v) is 6.50. The third-order valence-electron chi connectivity index (χ3n) is 4.05. The van der Waals surface area contributed by atoms with Crippen molar-refractivity contribution in [1.82, 2.24) is 15.0 Å². The molecule has 156 valence electrons. The summed E-state index contributed by atoms with van der Waals surface area (Å²) in [6.45, 7) is 2.04. The van der Waals surface area contributed by atoms with Gasteiger partial charge in [0, 0.05) is 37.6 Å². The number of halogens is 4. The lowest BCUT2D eigenvalue weighted by atomic mass is 10.3. The van der Waals surface area contributed by atoms with Gasteiger partial charge in [-0.1, -0.05) is 0 Å². The summed E-state index contributed by atoms with van der Waals surface area (Å²) in [5.74, 6) is -0.938. The molecule has 1 fully saturated rings. The van der Waals surface area contributed by atoms with E-state index in [-0.39, 0.29) is 49.8 Å². The van der Waals surface area contributed by atoms with Crippen LogP contribution in [-0.2, 0) is 11.0 Å². The van der Waals surface area contributed by atoms with E-state index in [4.69, 9.17) is 10.5 Å². The number of carbonyl (C=O) groups is 1. The van der Waals surface area contributed by atoms with Crippen molar-refractivity contribution in [2.75, 3.05) is 36.0 Å². The molecule has 1 aliphatic heterocycles. The molecular formula is C17H18F4N6O2. The van der Waals surface area contributed by atoms with Crippen LogP contribution >= 0.6 is 0 Å². The van der Waals surface area contributed by atoms with E-state index < -0.39 is 23.5 Å². The van der Waals surface area contributed by atoms with E-state index in [0.29, 0.717) is 12.4 Å². The Balaban J connectivity index is 1.70. The number of anilines is 2. The van der Waals surface area contributed by atoms with Gasteiger partial charge in [-0.15, -0.1) is 0 Å². The maximum absolute atomic E-state index is 13.8. The van der Waals surface area contributed by atoms with E-state index in [2.05, 4.69) is 15.0 Å². The Morgan fingerprint density at radius 2 is 1.90 bits per heavy atom. The average Bonchev–Trinajstić information content (AvgIpc) is 2.67. The molecule has 0 saturated carbocycles. The standard InChI is InChI=1S/C17H18F4N6O2/c1-10(22)9-29-13-4-14(23-7-12(13)18)27-3-2-26(8-15(27)28)16-24-5-11(6-25-16)17(19,20)21/h4-7,10H,2-3,8-9,22H2,1H3/t10-/m0/s1. The summed E-state index contributed by atoms with van der Waals surface area (Å²) < 4.78 is 57.0. The van der Waals surface area contributed by atoms with Crippen molar-refractivity contribution < 1.29 is 27.1 Å². The molecular weight excluding hydrogens is 396 g/mol. The summed E-state index contributed by atoms with van der Waals surface area (Å²) in [7, 11) is 0. The fourth-order valence-electron chi connectivity index (χ4n) is 2.61. The molecule has 0 spiro atoms. The largest absolute Gasteiger partial charge is 0.489 e. The van der Waals surface area contributed by atoms with Gasteiger partial charge in [0.1, 0.15) is 19.0 Å². The van der Waals surface area contributed by atoms with Crippen LogP contribution in [0.25, 0.3) is 0 Å². The summed E-state index contributed by atoms with van der Waals surface area (Å²) in [4.78, 5) is 26.6. The molecule has 1 aliphatic rings. The number of nitrogens with two attached hydrogens (primary N) is 1. The van der Waals surface area contributed by atoms with Crippen molar-refractivity contribution in [3.05, 3.63) is 36.0 Å². The molecule has 1 amide bonds. The molecule has 29 heavy (non-hydrogen) atoms. The Morgan fingerprint density at radius 1 is 1.21 bits per heavy atom. The predicted molar refractivity (Wildman–Crippen MR) is 94.9 cm³/mol. The number of pyridine rings is 1. The first kappa shape index (κ1) is 20.7. The summed E-state index contributed by atoms with van der Waals surface area (Å²) in [6, 6.07) is 1.000. The minimum Gasteiger partial charge on any atom is -0.489 e. The number of amides is 1. The molecule has 1 atom stereocenters. The third kappa shape index (κ3) is 4.88. The molecule has 0 aromatic carbocycles. The number of alkyl halides is 3. The van der Waals surface area contributed by atoms with Crippen molar-refractivity contribution in [2.45, 2.75) is 19.1 Å². The van der Waals surface area contributed by atoms with Crippen LogP contribution in [0.2, 0.25) is 0 Å². The SMILES string of the molecule is C[C@H](N)COc1cc(N2CCN(c3ncc(C(F)(F)F)cn3)CC2=O)ncc1F. The molecule has 3 heterocycles. The topological polar surface area (TPSA) is 97.5 Å². The fraction of sp³-hybridized carbons (Fsp3) is 0.412. The monoisotopic (exact) mass is 414 g/mol. The summed E-state index contributed by atoms with van der Waals surface area (Å²) in [6.07, 6.45) is -2.25. The van der Waals surface area contributed by atoms with Gasteiger partial charge in [0.15, 0.2) is 11.6 Å². The average molecular weight is 414 g/mol. The van der Waals surface area contributed by atoms with Crippen molar-refractivity contribution in [3.8, 4) is 5.75 Å². The molecule has 2 N–H and O–H groups in total. The number of nitrogens with zero attached hydrogens (tertiary/aromatic N) is 5. The van der Waals surface area contributed by atoms with Crippen LogP contribution in [0.3, 0.4) is 0 Å². The number of aromatic nitrogens is 3. The smallest absolute Gasteiger partial charge is 0.419 e. The van der Waals surface area contributed by atoms with Crippen LogP contribution in [0.4, 0.5) is 29.3 Å². The van der Waals surface area contributed by atoms with Crippen LogP contribution in [0, 0.1) is 5.82 Å². The Bertz CT molecular complexity index is 875. The first-order valence-corrected chi connectivity index (χ1v) is 8.63. The molecule has 0 aliphatic carbocycles. The predicted octanol–water partition coefficient (Wildman–Crippen LogP) is 1.61. The first-order chi connectivity index (χ1) is 13.6. The van der Waals surface area contributed by atoms with Gasteiger partial charge in [0.25, 0.3) is 0 Å². The van der Waals surface area contributed by atoms with Gasteiger partial charge >= 0.3 is 6.18 Å². The van der Waals surface area contributed by atoms with Crippen molar-refractivity contribution in [3.63, 3.8) is 0 Å². The Morgan fingerprint density at radius 3 is 2.48 bits per heavy atom. The van der Waals surface area contributed by atoms with Crippen LogP contribution < -0.4 is 20.3 Å². The van der Waals surface area contributed by atoms with E-state index in [1.165, 1.54) is 15.9 Å². The highest BCUT2D eigenvalue weighted by Gasteiger charge is 2.32. The van der Waals surface area contributed by atoms with Gasteiger partial charge in [0.2, 0.25) is 11.9 Å². The van der Waals surface area contributed by atoms with Gasteiger partial charge < -0.3 is 15.4 Å². The number of rotatable bonds is 5. The van der Waals surface area contributed by atoms with Crippen LogP contribution in [-0.4, -0.2) is 53.1 Å². The molecule has 0 bridgehead atoms. The lowest BCUT2D eigenvalue weighted by Crippen LogP contribution is -2.51. The van der Waals surface area contributed by atoms with Gasteiger partial charge in [-0.05, 0) is 6.92 Å². The third-order valence-corrected chi connectivity index (χ3v) is 4.05. The second-order valence-electron chi connectivity index (χ2n) is 6.50. The lowest BCUT2D eigenvalue weighted by Gasteiger charge is -2.33. The van der Waals surface area contributed by atoms with Gasteiger partial charge in [-0.25, -0.2) is 19.3 Å². The molecule has 2 aromatic heterocycles. The van der Waals surface area contributed by atoms with Gasteiger partial charge in [-0.2, -0.15) is 13.2 Å². The van der Waals surface area contributed by atoms with Gasteiger partial charge in [0.05, 0.1) is 11.8 Å². The normalized spacial score (nSPS) is 16.1. The highest BCUT2D eigenvalue weighted by atomic mass is 19.4. The van der Waals surface area contributed by atoms with E-state index in [1.54, 1.807) is 6.92 Å². The highest BCUT2D eigenvalue weighted by molar-refractivity contribution is 5.96. The molecule has 3 rings (SSSR count). The summed E-state index contributed by atoms with van der Waals surface area (Å²) in [5.41, 5.74) is 4.62. The highest BCUT2D eigenvalue weighted by Crippen LogP contribution is 2.29. The summed E-state index contributed by atoms with van der Waals surface area (Å²) in [5, 5.41) is 0. The quantitative estimate of drug-likeness (QED) is 0.743. The summed E-state index contributed by atoms with van der Waals surface area (Å²) >= 11 is 0. The molecule has 1 saturated heterocycles. The zero-order chi connectivity index (χ0) is 21.2. The minimum absolute atomic E-state index is 0.0130. The maximum atomic E-state index is 13.8. The Hall–Kier alpha value is -3.02. The zero-order valence-electron chi connectivity index (χ0n) is 15.4. The van der Waals surface area contributed by atoms with E-state index in [0.717, 1.165) is 6.20 Å². The molecule has 8 nitrogen and oxygen atoms in total. The van der Waals surface area contributed by atoms with Crippen molar-refractivity contribution in [2.24, 2.45) is 5.73 Å². The number of carbonyl (C=O) groups excluding carboxylic acids is 1. The lowest BCUT2D eigenvalue weighted by molar-refractivity contribution is -0.138.